The second kappa shape index (κ2) is 18.0. The number of carbonyl (C=O) groups excluding carboxylic acids is 1. The topological polar surface area (TPSA) is 50.2 Å². The summed E-state index contributed by atoms with van der Waals surface area (Å²) in [5, 5.41) is 15.2. The van der Waals surface area contributed by atoms with E-state index < -0.39 is 0 Å². The molecule has 0 spiro atoms. The Bertz CT molecular complexity index is 2290. The molecule has 0 bridgehead atoms. The van der Waals surface area contributed by atoms with E-state index in [4.69, 9.17) is 4.98 Å². The van der Waals surface area contributed by atoms with E-state index in [9.17, 15) is 9.90 Å². The molecule has 0 saturated heterocycles. The Hall–Kier alpha value is -3.15. The fraction of sp³-hybridized carbons (Fsp3) is 0.429. The number of aliphatic hydroxyl groups is 1. The number of hydrogen-bond acceptors (Lipinski definition) is 5. The van der Waals surface area contributed by atoms with Crippen molar-refractivity contribution < 1.29 is 30.0 Å². The molecule has 0 fully saturated rings. The van der Waals surface area contributed by atoms with Crippen LogP contribution in [0.2, 0.25) is 0 Å². The van der Waals surface area contributed by atoms with Gasteiger partial charge in [-0.25, -0.2) is 0 Å². The number of nitrogens with zero attached hydrogens (tertiary/aromatic N) is 1. The molecule has 3 aromatic heterocycles. The number of pyridine rings is 1. The molecule has 0 aliphatic rings. The summed E-state index contributed by atoms with van der Waals surface area (Å²) in [4.78, 5) is 19.9. The molecule has 0 saturated carbocycles. The van der Waals surface area contributed by atoms with Crippen molar-refractivity contribution in [1.82, 2.24) is 4.98 Å². The van der Waals surface area contributed by atoms with Crippen LogP contribution in [0, 0.1) is 29.7 Å². The van der Waals surface area contributed by atoms with Crippen LogP contribution in [0.25, 0.3) is 52.6 Å². The van der Waals surface area contributed by atoms with Gasteiger partial charge in [0.15, 0.2) is 5.78 Å². The van der Waals surface area contributed by atoms with Gasteiger partial charge >= 0.3 is 0 Å². The van der Waals surface area contributed by atoms with Crippen molar-refractivity contribution in [3.05, 3.63) is 101 Å². The van der Waals surface area contributed by atoms with Gasteiger partial charge in [-0.1, -0.05) is 117 Å². The molecule has 3 aromatic carbocycles. The van der Waals surface area contributed by atoms with Crippen LogP contribution in [-0.2, 0) is 36.7 Å². The number of ketones is 1. The molecule has 0 aliphatic carbocycles. The molecule has 295 valence electrons. The molecule has 6 rings (SSSR count). The molecular formula is C49H60IrNO2S2-. The monoisotopic (exact) mass is 951 g/mol. The van der Waals surface area contributed by atoms with Crippen LogP contribution >= 0.6 is 22.7 Å². The summed E-state index contributed by atoms with van der Waals surface area (Å²) in [6, 6.07) is 26.0. The predicted molar refractivity (Wildman–Crippen MR) is 237 cm³/mol. The average Bonchev–Trinajstić information content (AvgIpc) is 3.73. The third kappa shape index (κ3) is 9.53. The molecule has 0 amide bonds. The number of fused-ring (bicyclic) bond motifs is 3. The van der Waals surface area contributed by atoms with Crippen LogP contribution in [0.3, 0.4) is 0 Å². The van der Waals surface area contributed by atoms with Gasteiger partial charge in [-0.05, 0) is 90.5 Å². The van der Waals surface area contributed by atoms with Gasteiger partial charge in [0.1, 0.15) is 5.76 Å². The van der Waals surface area contributed by atoms with Gasteiger partial charge in [-0.2, -0.15) is 0 Å². The van der Waals surface area contributed by atoms with E-state index in [2.05, 4.69) is 108 Å². The number of aliphatic hydroxyl groups excluding tert-OH is 1. The second-order valence-corrected chi connectivity index (χ2v) is 19.2. The summed E-state index contributed by atoms with van der Waals surface area (Å²) in [7, 11) is 0. The Kier molecular flexibility index (Phi) is 14.6. The summed E-state index contributed by atoms with van der Waals surface area (Å²) < 4.78 is 2.62. The molecule has 0 aliphatic heterocycles. The molecule has 0 unspecified atom stereocenters. The molecule has 6 heteroatoms. The third-order valence-corrected chi connectivity index (χ3v) is 14.3. The van der Waals surface area contributed by atoms with E-state index in [0.29, 0.717) is 5.92 Å². The Labute approximate surface area is 352 Å². The first-order chi connectivity index (χ1) is 25.5. The van der Waals surface area contributed by atoms with Gasteiger partial charge in [0.05, 0.1) is 0 Å². The largest absolute Gasteiger partial charge is 0.512 e. The van der Waals surface area contributed by atoms with Crippen LogP contribution in [-0.4, -0.2) is 15.9 Å². The van der Waals surface area contributed by atoms with Crippen LogP contribution < -0.4 is 0 Å². The number of hydrogen-bond donors (Lipinski definition) is 1. The maximum absolute atomic E-state index is 12.2. The molecule has 1 N–H and O–H groups in total. The van der Waals surface area contributed by atoms with Crippen molar-refractivity contribution >= 4 is 59.4 Å². The molecule has 3 nitrogen and oxygen atoms in total. The summed E-state index contributed by atoms with van der Waals surface area (Å²) in [6.07, 6.45) is 7.85. The number of allylic oxidation sites excluding steroid dienone is 2. The molecule has 0 atom stereocenters. The summed E-state index contributed by atoms with van der Waals surface area (Å²) in [6.45, 7) is 25.8. The first-order valence-electron chi connectivity index (χ1n) is 19.8. The van der Waals surface area contributed by atoms with Crippen LogP contribution in [0.15, 0.2) is 78.7 Å². The summed E-state index contributed by atoms with van der Waals surface area (Å²) >= 11 is 3.80. The van der Waals surface area contributed by atoms with E-state index in [-0.39, 0.29) is 47.9 Å². The van der Waals surface area contributed by atoms with E-state index in [1.807, 2.05) is 70.4 Å². The minimum atomic E-state index is -0.337. The van der Waals surface area contributed by atoms with Gasteiger partial charge in [-0.15, -0.1) is 51.8 Å². The Morgan fingerprint density at radius 3 is 2.13 bits per heavy atom. The van der Waals surface area contributed by atoms with Gasteiger partial charge in [0.2, 0.25) is 0 Å². The normalized spacial score (nSPS) is 12.6. The fourth-order valence-corrected chi connectivity index (χ4v) is 9.57. The number of rotatable bonds is 11. The van der Waals surface area contributed by atoms with E-state index in [1.54, 1.807) is 0 Å². The Morgan fingerprint density at radius 2 is 1.51 bits per heavy atom. The van der Waals surface area contributed by atoms with Crippen molar-refractivity contribution in [3.63, 3.8) is 0 Å². The standard InChI is InChI=1S/C34H32NS2.C15H28O2.Ir/c1-20(2)15-29-21(3)26-12-11-23(18-31(26)36-29)30-19-24-13-14-35-32(33(24)37-30)25-16-22-9-7-8-10-27(22)28(17-25)34(4,5)6;1-7-14(5,8-2)12(16)11-13(17)15(6,9-3)10-4;/h7-14,17-20H,15H2,1-6H3;11,16H,7-10H2,1-6H3;/q-1;;/b;12-11-;. The van der Waals surface area contributed by atoms with Crippen molar-refractivity contribution in [3.8, 4) is 21.7 Å². The smallest absolute Gasteiger partial charge is 0.164 e. The van der Waals surface area contributed by atoms with E-state index in [1.165, 1.54) is 58.1 Å². The zero-order valence-corrected chi connectivity index (χ0v) is 39.0. The van der Waals surface area contributed by atoms with Gasteiger partial charge in [0, 0.05) is 68.1 Å². The van der Waals surface area contributed by atoms with E-state index in [0.717, 1.165) is 48.7 Å². The Balaban J connectivity index is 0.000000320. The van der Waals surface area contributed by atoms with Crippen LogP contribution in [0.5, 0.6) is 0 Å². The first kappa shape index (κ1) is 44.6. The second-order valence-electron chi connectivity index (χ2n) is 17.0. The van der Waals surface area contributed by atoms with Crippen molar-refractivity contribution in [2.45, 2.75) is 121 Å². The maximum atomic E-state index is 12.2. The number of benzene rings is 3. The van der Waals surface area contributed by atoms with Gasteiger partial charge in [-0.3, -0.25) is 9.78 Å². The first-order valence-corrected chi connectivity index (χ1v) is 21.4. The molecule has 3 heterocycles. The summed E-state index contributed by atoms with van der Waals surface area (Å²) in [5.74, 6) is 0.958. The Morgan fingerprint density at radius 1 is 0.855 bits per heavy atom. The SMILES string of the molecule is CCC(C)(CC)C(=O)/C=C(\O)C(C)(CC)CC.Cc1c(CC(C)C)sc2cc(-c3cc4ccnc(-c5[c-]c6ccccc6c(C(C)(C)C)c5)c4s3)ccc12.[Ir]. The molecule has 55 heavy (non-hydrogen) atoms. The van der Waals surface area contributed by atoms with Crippen LogP contribution in [0.1, 0.15) is 118 Å². The fourth-order valence-electron chi connectivity index (χ4n) is 6.96. The average molecular weight is 951 g/mol. The van der Waals surface area contributed by atoms with Gasteiger partial charge < -0.3 is 5.11 Å². The minimum Gasteiger partial charge on any atom is -0.512 e. The molecular weight excluding hydrogens is 891 g/mol. The minimum absolute atomic E-state index is 0. The molecule has 6 aromatic rings. The van der Waals surface area contributed by atoms with Crippen LogP contribution in [0.4, 0.5) is 0 Å². The zero-order chi connectivity index (χ0) is 39.6. The number of thiophene rings is 2. The zero-order valence-electron chi connectivity index (χ0n) is 35.0. The van der Waals surface area contributed by atoms with Crippen molar-refractivity contribution in [2.24, 2.45) is 16.7 Å². The van der Waals surface area contributed by atoms with Gasteiger partial charge in [0.25, 0.3) is 0 Å². The molecule has 1 radical (unpaired) electrons. The quantitative estimate of drug-likeness (QED) is 0.0800. The predicted octanol–water partition coefficient (Wildman–Crippen LogP) is 15.3. The number of carbonyl (C=O) groups is 1. The maximum Gasteiger partial charge on any atom is 0.164 e. The van der Waals surface area contributed by atoms with E-state index >= 15 is 0 Å². The van der Waals surface area contributed by atoms with Crippen molar-refractivity contribution in [1.29, 1.82) is 0 Å². The van der Waals surface area contributed by atoms with Crippen molar-refractivity contribution in [2.75, 3.05) is 0 Å². The summed E-state index contributed by atoms with van der Waals surface area (Å²) in [5.41, 5.74) is 5.60. The number of aryl methyl sites for hydroxylation is 1. The third-order valence-electron chi connectivity index (χ3n) is 11.8. The number of aromatic nitrogens is 1.